The number of carbonyl (C=O) groups is 1. The zero-order chi connectivity index (χ0) is 14.5. The highest BCUT2D eigenvalue weighted by Gasteiger charge is 2.37. The molecule has 2 amide bonds. The van der Waals surface area contributed by atoms with E-state index in [0.29, 0.717) is 18.8 Å². The number of hydrogen-bond acceptors (Lipinski definition) is 2. The molecule has 108 valence electrons. The molecule has 1 rings (SSSR count). The molecule has 19 heavy (non-hydrogen) atoms. The average Bonchev–Trinajstić information content (AvgIpc) is 2.36. The van der Waals surface area contributed by atoms with Crippen molar-refractivity contribution in [2.24, 2.45) is 5.92 Å². The summed E-state index contributed by atoms with van der Waals surface area (Å²) in [5.41, 5.74) is -1.03. The van der Waals surface area contributed by atoms with E-state index < -0.39 is 24.3 Å². The second-order valence-corrected chi connectivity index (χ2v) is 4.97. The standard InChI is InChI=1S/C12H18F3N3O/c1-2-9-3-5-11(7-16,6-4-9)18-10(19)17-8-12(13,14)15/h9H,2-6,8H2,1H3,(H2,17,18,19). The van der Waals surface area contributed by atoms with Crippen molar-refractivity contribution in [3.05, 3.63) is 0 Å². The summed E-state index contributed by atoms with van der Waals surface area (Å²) in [5, 5.41) is 13.3. The van der Waals surface area contributed by atoms with Gasteiger partial charge in [-0.1, -0.05) is 13.3 Å². The minimum atomic E-state index is -4.45. The van der Waals surface area contributed by atoms with Crippen LogP contribution in [0.25, 0.3) is 0 Å². The van der Waals surface area contributed by atoms with Gasteiger partial charge in [0, 0.05) is 0 Å². The van der Waals surface area contributed by atoms with Crippen LogP contribution in [-0.2, 0) is 0 Å². The Morgan fingerprint density at radius 3 is 2.42 bits per heavy atom. The number of nitrogens with zero attached hydrogens (tertiary/aromatic N) is 1. The minimum absolute atomic E-state index is 0.488. The Balaban J connectivity index is 2.49. The largest absolute Gasteiger partial charge is 0.405 e. The summed E-state index contributed by atoms with van der Waals surface area (Å²) in [7, 11) is 0. The van der Waals surface area contributed by atoms with Gasteiger partial charge in [-0.2, -0.15) is 18.4 Å². The third kappa shape index (κ3) is 4.97. The molecule has 0 heterocycles. The Hall–Kier alpha value is -1.45. The molecule has 7 heteroatoms. The molecule has 1 aliphatic rings. The summed E-state index contributed by atoms with van der Waals surface area (Å²) in [5.74, 6) is 0.529. The van der Waals surface area contributed by atoms with Crippen molar-refractivity contribution in [2.75, 3.05) is 6.54 Å². The van der Waals surface area contributed by atoms with Gasteiger partial charge in [0.15, 0.2) is 0 Å². The maximum Gasteiger partial charge on any atom is 0.405 e. The van der Waals surface area contributed by atoms with E-state index in [1.165, 1.54) is 0 Å². The zero-order valence-corrected chi connectivity index (χ0v) is 10.8. The Kier molecular flexibility index (Phi) is 5.04. The van der Waals surface area contributed by atoms with Crippen molar-refractivity contribution < 1.29 is 18.0 Å². The Morgan fingerprint density at radius 1 is 1.42 bits per heavy atom. The summed E-state index contributed by atoms with van der Waals surface area (Å²) >= 11 is 0. The topological polar surface area (TPSA) is 64.9 Å². The Morgan fingerprint density at radius 2 is 2.00 bits per heavy atom. The third-order valence-electron chi connectivity index (χ3n) is 3.55. The van der Waals surface area contributed by atoms with Crippen molar-refractivity contribution in [3.8, 4) is 6.07 Å². The van der Waals surface area contributed by atoms with E-state index in [-0.39, 0.29) is 0 Å². The molecule has 0 aliphatic heterocycles. The molecule has 0 unspecified atom stereocenters. The van der Waals surface area contributed by atoms with Crippen LogP contribution in [0.4, 0.5) is 18.0 Å². The first-order valence-electron chi connectivity index (χ1n) is 6.34. The average molecular weight is 277 g/mol. The summed E-state index contributed by atoms with van der Waals surface area (Å²) in [4.78, 5) is 11.4. The number of rotatable bonds is 3. The highest BCUT2D eigenvalue weighted by molar-refractivity contribution is 5.75. The minimum Gasteiger partial charge on any atom is -0.329 e. The molecule has 2 N–H and O–H groups in total. The quantitative estimate of drug-likeness (QED) is 0.833. The van der Waals surface area contributed by atoms with Crippen LogP contribution in [0.15, 0.2) is 0 Å². The normalized spacial score (nSPS) is 27.4. The van der Waals surface area contributed by atoms with Crippen molar-refractivity contribution in [1.82, 2.24) is 10.6 Å². The van der Waals surface area contributed by atoms with Crippen LogP contribution in [0.3, 0.4) is 0 Å². The predicted octanol–water partition coefficient (Wildman–Crippen LogP) is 2.71. The van der Waals surface area contributed by atoms with Crippen LogP contribution in [0.2, 0.25) is 0 Å². The zero-order valence-electron chi connectivity index (χ0n) is 10.8. The number of halogens is 3. The van der Waals surface area contributed by atoms with Gasteiger partial charge in [0.1, 0.15) is 12.1 Å². The van der Waals surface area contributed by atoms with E-state index in [1.54, 1.807) is 5.32 Å². The molecule has 4 nitrogen and oxygen atoms in total. The first-order chi connectivity index (χ1) is 8.80. The fourth-order valence-corrected chi connectivity index (χ4v) is 2.29. The molecule has 0 spiro atoms. The summed E-state index contributed by atoms with van der Waals surface area (Å²) < 4.78 is 35.9. The number of nitrogens with one attached hydrogen (secondary N) is 2. The molecule has 1 fully saturated rings. The van der Waals surface area contributed by atoms with Crippen LogP contribution in [-0.4, -0.2) is 24.3 Å². The first kappa shape index (κ1) is 15.6. The van der Waals surface area contributed by atoms with Crippen molar-refractivity contribution in [3.63, 3.8) is 0 Å². The second-order valence-electron chi connectivity index (χ2n) is 4.97. The van der Waals surface area contributed by atoms with E-state index in [9.17, 15) is 18.0 Å². The third-order valence-corrected chi connectivity index (χ3v) is 3.55. The van der Waals surface area contributed by atoms with E-state index in [4.69, 9.17) is 5.26 Å². The SMILES string of the molecule is CCC1CCC(C#N)(NC(=O)NCC(F)(F)F)CC1. The Labute approximate surface area is 110 Å². The van der Waals surface area contributed by atoms with Crippen molar-refractivity contribution in [2.45, 2.75) is 50.7 Å². The second kappa shape index (κ2) is 6.13. The molecule has 0 atom stereocenters. The van der Waals surface area contributed by atoms with E-state index in [2.05, 4.69) is 12.2 Å². The summed E-state index contributed by atoms with van der Waals surface area (Å²) in [6, 6.07) is 1.10. The van der Waals surface area contributed by atoms with Gasteiger partial charge in [0.2, 0.25) is 0 Å². The fourth-order valence-electron chi connectivity index (χ4n) is 2.29. The maximum absolute atomic E-state index is 12.0. The van der Waals surface area contributed by atoms with Crippen LogP contribution in [0, 0.1) is 17.2 Å². The maximum atomic E-state index is 12.0. The van der Waals surface area contributed by atoms with Crippen LogP contribution in [0.5, 0.6) is 0 Å². The molecule has 1 aliphatic carbocycles. The number of nitriles is 1. The van der Waals surface area contributed by atoms with Gasteiger partial charge in [0.05, 0.1) is 6.07 Å². The van der Waals surface area contributed by atoms with Gasteiger partial charge < -0.3 is 10.6 Å². The number of alkyl halides is 3. The first-order valence-corrected chi connectivity index (χ1v) is 6.34. The van der Waals surface area contributed by atoms with E-state index in [1.807, 2.05) is 6.07 Å². The van der Waals surface area contributed by atoms with Gasteiger partial charge in [-0.05, 0) is 31.6 Å². The van der Waals surface area contributed by atoms with Crippen LogP contribution in [0.1, 0.15) is 39.0 Å². The lowest BCUT2D eigenvalue weighted by atomic mass is 9.76. The van der Waals surface area contributed by atoms with Crippen LogP contribution >= 0.6 is 0 Å². The van der Waals surface area contributed by atoms with Gasteiger partial charge in [-0.3, -0.25) is 0 Å². The molecule has 0 radical (unpaired) electrons. The fraction of sp³-hybridized carbons (Fsp3) is 0.833. The number of amides is 2. The van der Waals surface area contributed by atoms with Crippen LogP contribution < -0.4 is 10.6 Å². The van der Waals surface area contributed by atoms with Gasteiger partial charge in [-0.25, -0.2) is 4.79 Å². The lowest BCUT2D eigenvalue weighted by Crippen LogP contribution is -2.54. The summed E-state index contributed by atoms with van der Waals surface area (Å²) in [6.07, 6.45) is -0.838. The monoisotopic (exact) mass is 277 g/mol. The predicted molar refractivity (Wildman–Crippen MR) is 63.2 cm³/mol. The number of hydrogen-bond donors (Lipinski definition) is 2. The van der Waals surface area contributed by atoms with Gasteiger partial charge in [0.25, 0.3) is 0 Å². The highest BCUT2D eigenvalue weighted by atomic mass is 19.4. The molecule has 0 aromatic heterocycles. The molecule has 0 aromatic carbocycles. The van der Waals surface area contributed by atoms with Crippen molar-refractivity contribution in [1.29, 1.82) is 5.26 Å². The molecule has 0 bridgehead atoms. The summed E-state index contributed by atoms with van der Waals surface area (Å²) in [6.45, 7) is 0.672. The molecule has 0 aromatic rings. The molecule has 1 saturated carbocycles. The molecular weight excluding hydrogens is 259 g/mol. The Bertz CT molecular complexity index is 354. The lowest BCUT2D eigenvalue weighted by molar-refractivity contribution is -0.122. The van der Waals surface area contributed by atoms with Gasteiger partial charge >= 0.3 is 12.2 Å². The number of carbonyl (C=O) groups excluding carboxylic acids is 1. The smallest absolute Gasteiger partial charge is 0.329 e. The molecule has 0 saturated heterocycles. The lowest BCUT2D eigenvalue weighted by Gasteiger charge is -2.35. The number of urea groups is 1. The highest BCUT2D eigenvalue weighted by Crippen LogP contribution is 2.33. The van der Waals surface area contributed by atoms with E-state index in [0.717, 1.165) is 19.3 Å². The van der Waals surface area contributed by atoms with Gasteiger partial charge in [-0.15, -0.1) is 0 Å². The van der Waals surface area contributed by atoms with Crippen molar-refractivity contribution >= 4 is 6.03 Å². The van der Waals surface area contributed by atoms with E-state index >= 15 is 0 Å². The molecular formula is C12H18F3N3O.